The highest BCUT2D eigenvalue weighted by atomic mass is 35.5. The third kappa shape index (κ3) is 6.30. The van der Waals surface area contributed by atoms with Crippen LogP contribution in [0.1, 0.15) is 15.9 Å². The molecule has 0 saturated carbocycles. The number of carbonyl (C=O) groups is 1. The van der Waals surface area contributed by atoms with Gasteiger partial charge in [0.25, 0.3) is 0 Å². The summed E-state index contributed by atoms with van der Waals surface area (Å²) in [6, 6.07) is 34.4. The van der Waals surface area contributed by atoms with Gasteiger partial charge in [-0.15, -0.1) is 0 Å². The molecule has 0 atom stereocenters. The number of esters is 1. The van der Waals surface area contributed by atoms with E-state index in [1.54, 1.807) is 42.5 Å². The van der Waals surface area contributed by atoms with Gasteiger partial charge in [0.05, 0.1) is 10.6 Å². The Bertz CT molecular complexity index is 1700. The van der Waals surface area contributed by atoms with Crippen molar-refractivity contribution in [3.63, 3.8) is 0 Å². The molecule has 0 N–H and O–H groups in total. The van der Waals surface area contributed by atoms with E-state index in [9.17, 15) is 13.2 Å². The van der Waals surface area contributed by atoms with Crippen LogP contribution in [0.25, 0.3) is 21.9 Å². The fraction of sp³-hybridized carbons (Fsp3) is 0.0938. The molecule has 0 unspecified atom stereocenters. The van der Waals surface area contributed by atoms with E-state index in [1.165, 1.54) is 0 Å². The number of benzene rings is 5. The molecule has 7 heteroatoms. The molecular formula is C32H25ClO5S. The topological polar surface area (TPSA) is 69.7 Å². The highest BCUT2D eigenvalue weighted by molar-refractivity contribution is 7.91. The lowest BCUT2D eigenvalue weighted by Gasteiger charge is -2.14. The van der Waals surface area contributed by atoms with Crippen LogP contribution < -0.4 is 4.74 Å². The van der Waals surface area contributed by atoms with Crippen LogP contribution in [0, 0.1) is 0 Å². The molecule has 0 radical (unpaired) electrons. The van der Waals surface area contributed by atoms with E-state index < -0.39 is 15.8 Å². The van der Waals surface area contributed by atoms with Crippen LogP contribution >= 0.6 is 11.6 Å². The van der Waals surface area contributed by atoms with Crippen LogP contribution in [0.15, 0.2) is 120 Å². The van der Waals surface area contributed by atoms with Crippen LogP contribution in [0.2, 0.25) is 5.02 Å². The number of ether oxygens (including phenoxy) is 2. The van der Waals surface area contributed by atoms with E-state index >= 15 is 0 Å². The van der Waals surface area contributed by atoms with Crippen molar-refractivity contribution >= 4 is 38.2 Å². The molecule has 0 heterocycles. The molecule has 0 aromatic heterocycles. The van der Waals surface area contributed by atoms with Gasteiger partial charge in [0.2, 0.25) is 0 Å². The maximum atomic E-state index is 13.2. The van der Waals surface area contributed by atoms with Gasteiger partial charge >= 0.3 is 5.97 Å². The molecule has 196 valence electrons. The Hall–Kier alpha value is -4.13. The number of hydrogen-bond acceptors (Lipinski definition) is 5. The number of sulfone groups is 1. The van der Waals surface area contributed by atoms with E-state index in [4.69, 9.17) is 21.1 Å². The molecule has 0 bridgehead atoms. The first kappa shape index (κ1) is 26.5. The predicted octanol–water partition coefficient (Wildman–Crippen LogP) is 7.37. The minimum Gasteiger partial charge on any atom is -0.492 e. The van der Waals surface area contributed by atoms with Gasteiger partial charge in [0.15, 0.2) is 9.84 Å². The van der Waals surface area contributed by atoms with E-state index in [0.717, 1.165) is 22.1 Å². The van der Waals surface area contributed by atoms with Crippen molar-refractivity contribution in [1.29, 1.82) is 0 Å². The monoisotopic (exact) mass is 556 g/mol. The molecule has 0 aliphatic heterocycles. The molecular weight excluding hydrogens is 532 g/mol. The summed E-state index contributed by atoms with van der Waals surface area (Å²) in [5.74, 6) is -0.509. The van der Waals surface area contributed by atoms with Crippen molar-refractivity contribution in [3.8, 4) is 16.9 Å². The number of hydrogen-bond donors (Lipinski definition) is 0. The second-order valence-electron chi connectivity index (χ2n) is 8.92. The Balaban J connectivity index is 1.30. The molecule has 0 aliphatic rings. The van der Waals surface area contributed by atoms with Crippen molar-refractivity contribution in [2.75, 3.05) is 12.4 Å². The molecule has 5 nitrogen and oxygen atoms in total. The second-order valence-corrected chi connectivity index (χ2v) is 11.5. The Morgan fingerprint density at radius 3 is 2.08 bits per heavy atom. The third-order valence-corrected chi connectivity index (χ3v) is 8.25. The first-order valence-corrected chi connectivity index (χ1v) is 14.4. The quantitative estimate of drug-likeness (QED) is 0.177. The highest BCUT2D eigenvalue weighted by Gasteiger charge is 2.20. The summed E-state index contributed by atoms with van der Waals surface area (Å²) < 4.78 is 37.5. The summed E-state index contributed by atoms with van der Waals surface area (Å²) >= 11 is 5.96. The maximum Gasteiger partial charge on any atom is 0.342 e. The van der Waals surface area contributed by atoms with Crippen LogP contribution in [0.4, 0.5) is 0 Å². The summed E-state index contributed by atoms with van der Waals surface area (Å²) in [6.45, 7) is -0.0126. The summed E-state index contributed by atoms with van der Waals surface area (Å²) in [5.41, 5.74) is 2.96. The van der Waals surface area contributed by atoms with Gasteiger partial charge in [0, 0.05) is 5.02 Å². The standard InChI is InChI=1S/C32H25ClO5S/c33-27-15-10-24(11-16-27)25-12-17-28(18-13-25)39(35,36)21-20-37-30-19-14-26-8-4-5-9-29(26)31(30)32(34)38-22-23-6-2-1-3-7-23/h1-19H,20-22H2. The van der Waals surface area contributed by atoms with E-state index in [1.807, 2.05) is 72.8 Å². The Kier molecular flexibility index (Phi) is 7.96. The van der Waals surface area contributed by atoms with Crippen LogP contribution in [0.3, 0.4) is 0 Å². The van der Waals surface area contributed by atoms with Gasteiger partial charge in [0.1, 0.15) is 24.5 Å². The molecule has 5 aromatic rings. The Labute approximate surface area is 232 Å². The SMILES string of the molecule is O=C(OCc1ccccc1)c1c(OCCS(=O)(=O)c2ccc(-c3ccc(Cl)cc3)cc2)ccc2ccccc12. The number of halogens is 1. The van der Waals surface area contributed by atoms with Gasteiger partial charge in [-0.3, -0.25) is 0 Å². The van der Waals surface area contributed by atoms with Crippen LogP contribution in [0.5, 0.6) is 5.75 Å². The molecule has 5 rings (SSSR count). The molecule has 0 fully saturated rings. The number of rotatable bonds is 9. The first-order chi connectivity index (χ1) is 18.9. The smallest absolute Gasteiger partial charge is 0.342 e. The fourth-order valence-electron chi connectivity index (χ4n) is 4.25. The lowest BCUT2D eigenvalue weighted by molar-refractivity contribution is 0.0471. The lowest BCUT2D eigenvalue weighted by Crippen LogP contribution is -2.16. The van der Waals surface area contributed by atoms with Crippen LogP contribution in [-0.2, 0) is 21.2 Å². The van der Waals surface area contributed by atoms with Gasteiger partial charge in [-0.1, -0.05) is 96.5 Å². The highest BCUT2D eigenvalue weighted by Crippen LogP contribution is 2.30. The minimum atomic E-state index is -3.62. The summed E-state index contributed by atoms with van der Waals surface area (Å²) in [5, 5.41) is 2.16. The summed E-state index contributed by atoms with van der Waals surface area (Å²) in [4.78, 5) is 13.4. The zero-order chi connectivity index (χ0) is 27.2. The second kappa shape index (κ2) is 11.7. The largest absolute Gasteiger partial charge is 0.492 e. The van der Waals surface area contributed by atoms with Crippen molar-refractivity contribution < 1.29 is 22.7 Å². The average molecular weight is 557 g/mol. The fourth-order valence-corrected chi connectivity index (χ4v) is 5.47. The molecule has 0 spiro atoms. The summed E-state index contributed by atoms with van der Waals surface area (Å²) in [6.07, 6.45) is 0. The van der Waals surface area contributed by atoms with Gasteiger partial charge in [-0.25, -0.2) is 13.2 Å². The number of carbonyl (C=O) groups excluding carboxylic acids is 1. The maximum absolute atomic E-state index is 13.2. The zero-order valence-electron chi connectivity index (χ0n) is 20.9. The van der Waals surface area contributed by atoms with Gasteiger partial charge in [-0.2, -0.15) is 0 Å². The van der Waals surface area contributed by atoms with E-state index in [-0.39, 0.29) is 35.2 Å². The molecule has 5 aromatic carbocycles. The van der Waals surface area contributed by atoms with Crippen molar-refractivity contribution in [1.82, 2.24) is 0 Å². The summed E-state index contributed by atoms with van der Waals surface area (Å²) in [7, 11) is -3.62. The molecule has 0 aliphatic carbocycles. The average Bonchev–Trinajstić information content (AvgIpc) is 2.96. The lowest BCUT2D eigenvalue weighted by atomic mass is 10.0. The van der Waals surface area contributed by atoms with Crippen molar-refractivity contribution in [3.05, 3.63) is 131 Å². The van der Waals surface area contributed by atoms with Crippen molar-refractivity contribution in [2.45, 2.75) is 11.5 Å². The van der Waals surface area contributed by atoms with Gasteiger partial charge < -0.3 is 9.47 Å². The van der Waals surface area contributed by atoms with Crippen LogP contribution in [-0.4, -0.2) is 26.7 Å². The van der Waals surface area contributed by atoms with Crippen molar-refractivity contribution in [2.24, 2.45) is 0 Å². The molecule has 0 amide bonds. The van der Waals surface area contributed by atoms with E-state index in [2.05, 4.69) is 0 Å². The number of fused-ring (bicyclic) bond motifs is 1. The Morgan fingerprint density at radius 2 is 1.36 bits per heavy atom. The molecule has 0 saturated heterocycles. The normalized spacial score (nSPS) is 11.3. The van der Waals surface area contributed by atoms with E-state index in [0.29, 0.717) is 10.4 Å². The van der Waals surface area contributed by atoms with Gasteiger partial charge in [-0.05, 0) is 57.8 Å². The molecule has 39 heavy (non-hydrogen) atoms. The minimum absolute atomic E-state index is 0.114. The third-order valence-electron chi connectivity index (χ3n) is 6.31. The Morgan fingerprint density at radius 1 is 0.718 bits per heavy atom. The zero-order valence-corrected chi connectivity index (χ0v) is 22.5. The first-order valence-electron chi connectivity index (χ1n) is 12.3. The predicted molar refractivity (Wildman–Crippen MR) is 154 cm³/mol.